The molecule has 91 valence electrons. The third kappa shape index (κ3) is 2.13. The first-order chi connectivity index (χ1) is 8.86. The second kappa shape index (κ2) is 4.85. The van der Waals surface area contributed by atoms with E-state index in [0.717, 1.165) is 18.6 Å². The third-order valence-corrected chi connectivity index (χ3v) is 3.72. The molecular weight excluding hydrogens is 220 g/mol. The van der Waals surface area contributed by atoms with Crippen molar-refractivity contribution in [2.45, 2.75) is 19.3 Å². The van der Waals surface area contributed by atoms with E-state index in [4.69, 9.17) is 4.74 Å². The molecule has 1 heteroatoms. The number of rotatable bonds is 2. The van der Waals surface area contributed by atoms with Crippen LogP contribution in [0, 0.1) is 5.92 Å². The van der Waals surface area contributed by atoms with Gasteiger partial charge in [0.15, 0.2) is 0 Å². The molecule has 1 aliphatic rings. The molecular formula is C17H17O. The minimum absolute atomic E-state index is 0.926. The molecule has 1 aliphatic carbocycles. The van der Waals surface area contributed by atoms with Crippen molar-refractivity contribution >= 4 is 0 Å². The normalized spacial score (nSPS) is 15.2. The molecule has 0 heterocycles. The van der Waals surface area contributed by atoms with Gasteiger partial charge in [-0.05, 0) is 48.1 Å². The third-order valence-electron chi connectivity index (χ3n) is 3.72. The van der Waals surface area contributed by atoms with Crippen LogP contribution in [0.3, 0.4) is 0 Å². The SMILES string of the molecule is COc1ccc([C]2CCc3ccccc3C2)cc1. The van der Waals surface area contributed by atoms with Gasteiger partial charge in [-0.3, -0.25) is 0 Å². The van der Waals surface area contributed by atoms with Gasteiger partial charge in [-0.1, -0.05) is 36.4 Å². The van der Waals surface area contributed by atoms with Crippen LogP contribution < -0.4 is 4.74 Å². The van der Waals surface area contributed by atoms with E-state index in [2.05, 4.69) is 36.4 Å². The van der Waals surface area contributed by atoms with Crippen LogP contribution in [0.1, 0.15) is 23.1 Å². The van der Waals surface area contributed by atoms with Gasteiger partial charge in [0.2, 0.25) is 0 Å². The number of ether oxygens (including phenoxy) is 1. The number of methoxy groups -OCH3 is 1. The lowest BCUT2D eigenvalue weighted by Gasteiger charge is -2.24. The lowest BCUT2D eigenvalue weighted by Crippen LogP contribution is -2.13. The van der Waals surface area contributed by atoms with E-state index in [0.29, 0.717) is 0 Å². The largest absolute Gasteiger partial charge is 0.497 e. The lowest BCUT2D eigenvalue weighted by atomic mass is 9.80. The molecule has 0 aliphatic heterocycles. The topological polar surface area (TPSA) is 9.23 Å². The molecule has 1 radical (unpaired) electrons. The van der Waals surface area contributed by atoms with Crippen LogP contribution in [0.15, 0.2) is 48.5 Å². The van der Waals surface area contributed by atoms with Crippen molar-refractivity contribution in [2.75, 3.05) is 7.11 Å². The molecule has 3 rings (SSSR count). The van der Waals surface area contributed by atoms with Crippen molar-refractivity contribution < 1.29 is 4.74 Å². The van der Waals surface area contributed by atoms with Gasteiger partial charge in [-0.2, -0.15) is 0 Å². The summed E-state index contributed by atoms with van der Waals surface area (Å²) in [7, 11) is 1.71. The number of aryl methyl sites for hydroxylation is 1. The highest BCUT2D eigenvalue weighted by molar-refractivity contribution is 5.42. The fourth-order valence-corrected chi connectivity index (χ4v) is 2.65. The molecule has 2 aromatic carbocycles. The van der Waals surface area contributed by atoms with Crippen LogP contribution in [0.5, 0.6) is 5.75 Å². The molecule has 0 amide bonds. The highest BCUT2D eigenvalue weighted by Gasteiger charge is 2.20. The molecule has 0 unspecified atom stereocenters. The van der Waals surface area contributed by atoms with E-state index < -0.39 is 0 Å². The van der Waals surface area contributed by atoms with Crippen molar-refractivity contribution in [1.82, 2.24) is 0 Å². The Hall–Kier alpha value is -1.76. The average Bonchev–Trinajstić information content (AvgIpc) is 2.47. The van der Waals surface area contributed by atoms with Gasteiger partial charge in [0.1, 0.15) is 5.75 Å². The molecule has 0 N–H and O–H groups in total. The summed E-state index contributed by atoms with van der Waals surface area (Å²) in [5.41, 5.74) is 4.34. The summed E-state index contributed by atoms with van der Waals surface area (Å²) in [5, 5.41) is 0. The Morgan fingerprint density at radius 1 is 0.833 bits per heavy atom. The molecule has 0 fully saturated rings. The Balaban J connectivity index is 1.82. The Morgan fingerprint density at radius 2 is 1.56 bits per heavy atom. The van der Waals surface area contributed by atoms with Crippen molar-refractivity contribution in [3.63, 3.8) is 0 Å². The predicted octanol–water partition coefficient (Wildman–Crippen LogP) is 3.81. The molecule has 0 atom stereocenters. The summed E-state index contributed by atoms with van der Waals surface area (Å²) < 4.78 is 5.20. The van der Waals surface area contributed by atoms with E-state index in [-0.39, 0.29) is 0 Å². The number of hydrogen-bond donors (Lipinski definition) is 0. The number of hydrogen-bond acceptors (Lipinski definition) is 1. The summed E-state index contributed by atoms with van der Waals surface area (Å²) in [6, 6.07) is 17.2. The van der Waals surface area contributed by atoms with Crippen LogP contribution >= 0.6 is 0 Å². The zero-order chi connectivity index (χ0) is 12.4. The van der Waals surface area contributed by atoms with Gasteiger partial charge in [0.05, 0.1) is 7.11 Å². The summed E-state index contributed by atoms with van der Waals surface area (Å²) in [4.78, 5) is 0. The van der Waals surface area contributed by atoms with Crippen molar-refractivity contribution in [3.05, 3.63) is 71.1 Å². The first-order valence-corrected chi connectivity index (χ1v) is 6.43. The minimum Gasteiger partial charge on any atom is -0.497 e. The predicted molar refractivity (Wildman–Crippen MR) is 73.8 cm³/mol. The van der Waals surface area contributed by atoms with Gasteiger partial charge in [0.25, 0.3) is 0 Å². The summed E-state index contributed by atoms with van der Waals surface area (Å²) in [5.74, 6) is 2.46. The summed E-state index contributed by atoms with van der Waals surface area (Å²) >= 11 is 0. The molecule has 0 bridgehead atoms. The van der Waals surface area contributed by atoms with E-state index in [1.54, 1.807) is 7.11 Å². The standard InChI is InChI=1S/C17H17O/c1-18-17-10-8-14(9-11-17)16-7-6-13-4-2-3-5-15(13)12-16/h2-5,8-11H,6-7,12H2,1H3. The lowest BCUT2D eigenvalue weighted by molar-refractivity contribution is 0.414. The van der Waals surface area contributed by atoms with Crippen LogP contribution in [0.25, 0.3) is 0 Å². The molecule has 2 aromatic rings. The summed E-state index contributed by atoms with van der Waals surface area (Å²) in [6.45, 7) is 0. The number of benzene rings is 2. The van der Waals surface area contributed by atoms with E-state index >= 15 is 0 Å². The van der Waals surface area contributed by atoms with Crippen LogP contribution in [0.2, 0.25) is 0 Å². The minimum atomic E-state index is 0.926. The maximum absolute atomic E-state index is 5.20. The van der Waals surface area contributed by atoms with Crippen LogP contribution in [-0.4, -0.2) is 7.11 Å². The van der Waals surface area contributed by atoms with Crippen LogP contribution in [-0.2, 0) is 12.8 Å². The average molecular weight is 237 g/mol. The first kappa shape index (κ1) is 11.3. The Labute approximate surface area is 108 Å². The smallest absolute Gasteiger partial charge is 0.118 e. The Kier molecular flexibility index (Phi) is 3.06. The van der Waals surface area contributed by atoms with Gasteiger partial charge >= 0.3 is 0 Å². The Bertz CT molecular complexity index is 528. The Morgan fingerprint density at radius 3 is 2.28 bits per heavy atom. The van der Waals surface area contributed by atoms with Gasteiger partial charge < -0.3 is 4.74 Å². The van der Waals surface area contributed by atoms with Crippen molar-refractivity contribution in [3.8, 4) is 5.75 Å². The van der Waals surface area contributed by atoms with Gasteiger partial charge in [-0.15, -0.1) is 0 Å². The zero-order valence-electron chi connectivity index (χ0n) is 10.6. The molecule has 18 heavy (non-hydrogen) atoms. The molecule has 1 nitrogen and oxygen atoms in total. The fraction of sp³-hybridized carbons (Fsp3) is 0.235. The first-order valence-electron chi connectivity index (χ1n) is 6.43. The summed E-state index contributed by atoms with van der Waals surface area (Å²) in [6.07, 6.45) is 3.42. The second-order valence-electron chi connectivity index (χ2n) is 4.78. The fourth-order valence-electron chi connectivity index (χ4n) is 2.65. The maximum Gasteiger partial charge on any atom is 0.118 e. The van der Waals surface area contributed by atoms with Gasteiger partial charge in [-0.25, -0.2) is 0 Å². The van der Waals surface area contributed by atoms with Gasteiger partial charge in [0, 0.05) is 5.92 Å². The molecule has 0 aromatic heterocycles. The quantitative estimate of drug-likeness (QED) is 0.771. The highest BCUT2D eigenvalue weighted by Crippen LogP contribution is 2.32. The van der Waals surface area contributed by atoms with E-state index in [1.807, 2.05) is 12.1 Å². The molecule has 0 spiro atoms. The van der Waals surface area contributed by atoms with Crippen molar-refractivity contribution in [1.29, 1.82) is 0 Å². The van der Waals surface area contributed by atoms with E-state index in [1.165, 1.54) is 29.0 Å². The zero-order valence-corrected chi connectivity index (χ0v) is 10.6. The number of fused-ring (bicyclic) bond motifs is 1. The highest BCUT2D eigenvalue weighted by atomic mass is 16.5. The van der Waals surface area contributed by atoms with Crippen LogP contribution in [0.4, 0.5) is 0 Å². The second-order valence-corrected chi connectivity index (χ2v) is 4.78. The maximum atomic E-state index is 5.20. The molecule has 0 saturated heterocycles. The molecule has 0 saturated carbocycles. The van der Waals surface area contributed by atoms with Crippen molar-refractivity contribution in [2.24, 2.45) is 0 Å². The monoisotopic (exact) mass is 237 g/mol. The van der Waals surface area contributed by atoms with E-state index in [9.17, 15) is 0 Å².